The largest absolute Gasteiger partial charge is 0.377 e. The number of aliphatic imine (C=N–C) groups is 1. The van der Waals surface area contributed by atoms with Gasteiger partial charge in [0.25, 0.3) is 5.91 Å². The molecule has 33 heavy (non-hydrogen) atoms. The molecule has 5 unspecified atom stereocenters. The summed E-state index contributed by atoms with van der Waals surface area (Å²) in [6, 6.07) is 0. The highest BCUT2D eigenvalue weighted by Gasteiger charge is 2.37. The lowest BCUT2D eigenvalue weighted by Gasteiger charge is -2.28. The summed E-state index contributed by atoms with van der Waals surface area (Å²) in [7, 11) is 0. The molecule has 0 aromatic carbocycles. The number of amides is 1. The van der Waals surface area contributed by atoms with Crippen LogP contribution in [0.1, 0.15) is 58.3 Å². The van der Waals surface area contributed by atoms with Gasteiger partial charge in [-0.3, -0.25) is 10.2 Å². The fourth-order valence-corrected chi connectivity index (χ4v) is 6.89. The minimum absolute atomic E-state index is 0.0672. The maximum atomic E-state index is 12.7. The lowest BCUT2D eigenvalue weighted by atomic mass is 9.88. The Labute approximate surface area is 203 Å². The maximum absolute atomic E-state index is 12.7. The summed E-state index contributed by atoms with van der Waals surface area (Å²) in [5.74, 6) is 1.17. The number of carbonyl (C=O) groups excluding carboxylic acids is 1. The first-order valence-electron chi connectivity index (χ1n) is 12.1. The lowest BCUT2D eigenvalue weighted by molar-refractivity contribution is -0.114. The second kappa shape index (κ2) is 10.6. The molecule has 5 aliphatic rings. The Kier molecular flexibility index (Phi) is 7.56. The molecule has 0 aromatic rings. The van der Waals surface area contributed by atoms with E-state index in [1.165, 1.54) is 36.0 Å². The van der Waals surface area contributed by atoms with Crippen LogP contribution in [0.15, 0.2) is 21.7 Å². The summed E-state index contributed by atoms with van der Waals surface area (Å²) in [5, 5.41) is 15.7. The van der Waals surface area contributed by atoms with Gasteiger partial charge in [0.15, 0.2) is 5.84 Å². The van der Waals surface area contributed by atoms with Gasteiger partial charge in [0, 0.05) is 12.4 Å². The third-order valence-electron chi connectivity index (χ3n) is 6.81. The van der Waals surface area contributed by atoms with E-state index in [1.807, 2.05) is 0 Å². The Morgan fingerprint density at radius 3 is 2.94 bits per heavy atom. The van der Waals surface area contributed by atoms with Crippen molar-refractivity contribution in [3.8, 4) is 0 Å². The summed E-state index contributed by atoms with van der Waals surface area (Å²) >= 11 is 3.11. The molecule has 1 N–H and O–H groups in total. The topological polar surface area (TPSA) is 96.6 Å². The van der Waals surface area contributed by atoms with E-state index in [2.05, 4.69) is 17.0 Å². The molecule has 0 bridgehead atoms. The van der Waals surface area contributed by atoms with Crippen molar-refractivity contribution in [2.45, 2.75) is 82.0 Å². The van der Waals surface area contributed by atoms with Gasteiger partial charge in [-0.2, -0.15) is 15.1 Å². The molecule has 3 fully saturated rings. The molecule has 10 heteroatoms. The van der Waals surface area contributed by atoms with Crippen LogP contribution < -0.4 is 0 Å². The first-order valence-corrected chi connectivity index (χ1v) is 13.9. The summed E-state index contributed by atoms with van der Waals surface area (Å²) in [6.07, 6.45) is 11.0. The average molecular weight is 493 g/mol. The third kappa shape index (κ3) is 5.56. The molecule has 0 aromatic heterocycles. The number of carbonyl (C=O) groups is 1. The van der Waals surface area contributed by atoms with E-state index in [4.69, 9.17) is 19.6 Å². The van der Waals surface area contributed by atoms with Crippen LogP contribution in [-0.4, -0.2) is 69.7 Å². The maximum Gasteiger partial charge on any atom is 0.283 e. The van der Waals surface area contributed by atoms with Crippen LogP contribution in [0.3, 0.4) is 0 Å². The standard InChI is InChI=1S/C23H32N4O4S2/c1-14-5-2-3-7-18(14)30-12-19-26-27-21(24)17(22(28)25-23(27)33-19)11-15-8-9-20(31-15)32-13-16-6-4-10-29-16/h11,14-16,18,20,24H,2-10,12-13H2,1H3/b17-11+,24-21?. The van der Waals surface area contributed by atoms with Gasteiger partial charge < -0.3 is 14.2 Å². The highest BCUT2D eigenvalue weighted by atomic mass is 32.2. The molecule has 0 spiro atoms. The zero-order valence-corrected chi connectivity index (χ0v) is 20.7. The number of nitrogens with one attached hydrogen (secondary N) is 1. The van der Waals surface area contributed by atoms with Crippen LogP contribution in [0, 0.1) is 11.3 Å². The van der Waals surface area contributed by atoms with Gasteiger partial charge in [0.1, 0.15) is 10.5 Å². The summed E-state index contributed by atoms with van der Waals surface area (Å²) in [4.78, 5) is 16.9. The van der Waals surface area contributed by atoms with Crippen molar-refractivity contribution < 1.29 is 19.0 Å². The molecule has 1 amide bonds. The summed E-state index contributed by atoms with van der Waals surface area (Å²) in [6.45, 7) is 3.50. The van der Waals surface area contributed by atoms with E-state index in [9.17, 15) is 4.79 Å². The SMILES string of the molecule is CC1CCCCC1OCC1=NN2C(=N)/C(=C\C3CCC(SCC4CCCO4)O3)C(=O)N=C2S1. The molecule has 2 saturated heterocycles. The molecular formula is C23H32N4O4S2. The molecule has 4 heterocycles. The van der Waals surface area contributed by atoms with Gasteiger partial charge in [-0.25, -0.2) is 0 Å². The molecule has 1 saturated carbocycles. The van der Waals surface area contributed by atoms with Crippen molar-refractivity contribution in [1.82, 2.24) is 5.01 Å². The quantitative estimate of drug-likeness (QED) is 0.533. The van der Waals surface area contributed by atoms with Gasteiger partial charge in [-0.05, 0) is 62.3 Å². The normalized spacial score (nSPS) is 35.8. The fraction of sp³-hybridized carbons (Fsp3) is 0.739. The number of hydrogen-bond acceptors (Lipinski definition) is 8. The molecule has 0 radical (unpaired) electrons. The van der Waals surface area contributed by atoms with Gasteiger partial charge in [-0.15, -0.1) is 11.8 Å². The molecule has 4 aliphatic heterocycles. The van der Waals surface area contributed by atoms with Gasteiger partial charge >= 0.3 is 0 Å². The minimum atomic E-state index is -0.393. The minimum Gasteiger partial charge on any atom is -0.377 e. The third-order valence-corrected chi connectivity index (χ3v) is 8.97. The predicted molar refractivity (Wildman–Crippen MR) is 132 cm³/mol. The number of nitrogens with zero attached hydrogens (tertiary/aromatic N) is 3. The molecule has 1 aliphatic carbocycles. The van der Waals surface area contributed by atoms with Crippen LogP contribution in [-0.2, 0) is 19.0 Å². The molecule has 5 atom stereocenters. The van der Waals surface area contributed by atoms with Crippen molar-refractivity contribution in [3.05, 3.63) is 11.6 Å². The van der Waals surface area contributed by atoms with Crippen molar-refractivity contribution in [3.63, 3.8) is 0 Å². The molecule has 5 rings (SSSR count). The second-order valence-electron chi connectivity index (χ2n) is 9.30. The molecule has 8 nitrogen and oxygen atoms in total. The van der Waals surface area contributed by atoms with Gasteiger partial charge in [0.2, 0.25) is 5.17 Å². The van der Waals surface area contributed by atoms with Crippen molar-refractivity contribution in [2.24, 2.45) is 16.0 Å². The number of thioether (sulfide) groups is 2. The number of hydrazone groups is 1. The summed E-state index contributed by atoms with van der Waals surface area (Å²) in [5.41, 5.74) is 0.371. The van der Waals surface area contributed by atoms with Crippen LogP contribution in [0.4, 0.5) is 0 Å². The first kappa shape index (κ1) is 23.5. The highest BCUT2D eigenvalue weighted by Crippen LogP contribution is 2.34. The smallest absolute Gasteiger partial charge is 0.283 e. The highest BCUT2D eigenvalue weighted by molar-refractivity contribution is 8.27. The number of amidine groups is 2. The number of hydrogen-bond donors (Lipinski definition) is 1. The number of fused-ring (bicyclic) bond motifs is 1. The Morgan fingerprint density at radius 1 is 1.24 bits per heavy atom. The predicted octanol–water partition coefficient (Wildman–Crippen LogP) is 4.16. The van der Waals surface area contributed by atoms with E-state index >= 15 is 0 Å². The van der Waals surface area contributed by atoms with Gasteiger partial charge in [0.05, 0.1) is 30.5 Å². The average Bonchev–Trinajstić information content (AvgIpc) is 3.56. The Balaban J connectivity index is 1.16. The second-order valence-corrected chi connectivity index (χ2v) is 11.5. The monoisotopic (exact) mass is 492 g/mol. The van der Waals surface area contributed by atoms with Crippen LogP contribution >= 0.6 is 23.5 Å². The van der Waals surface area contributed by atoms with Gasteiger partial charge in [-0.1, -0.05) is 19.8 Å². The zero-order chi connectivity index (χ0) is 22.8. The summed E-state index contributed by atoms with van der Waals surface area (Å²) < 4.78 is 17.9. The Hall–Kier alpha value is -1.20. The fourth-order valence-electron chi connectivity index (χ4n) is 4.87. The van der Waals surface area contributed by atoms with E-state index in [0.29, 0.717) is 23.8 Å². The number of rotatable bonds is 7. The van der Waals surface area contributed by atoms with Crippen LogP contribution in [0.5, 0.6) is 0 Å². The number of ether oxygens (including phenoxy) is 3. The van der Waals surface area contributed by atoms with Crippen molar-refractivity contribution in [2.75, 3.05) is 19.0 Å². The first-order chi connectivity index (χ1) is 16.1. The van der Waals surface area contributed by atoms with E-state index in [-0.39, 0.29) is 29.1 Å². The lowest BCUT2D eigenvalue weighted by Crippen LogP contribution is -2.36. The molecular weight excluding hydrogens is 460 g/mol. The Morgan fingerprint density at radius 2 is 2.12 bits per heavy atom. The molecule has 180 valence electrons. The van der Waals surface area contributed by atoms with Crippen molar-refractivity contribution in [1.29, 1.82) is 5.41 Å². The van der Waals surface area contributed by atoms with E-state index in [0.717, 1.165) is 49.5 Å². The Bertz CT molecular complexity index is 871. The zero-order valence-electron chi connectivity index (χ0n) is 19.0. The van der Waals surface area contributed by atoms with Crippen molar-refractivity contribution >= 4 is 45.5 Å². The van der Waals surface area contributed by atoms with Crippen LogP contribution in [0.25, 0.3) is 0 Å². The van der Waals surface area contributed by atoms with E-state index in [1.54, 1.807) is 17.8 Å². The van der Waals surface area contributed by atoms with E-state index < -0.39 is 5.91 Å². The van der Waals surface area contributed by atoms with Crippen LogP contribution in [0.2, 0.25) is 0 Å².